The van der Waals surface area contributed by atoms with E-state index in [-0.39, 0.29) is 18.2 Å². The fraction of sp³-hybridized carbons (Fsp3) is 0.214. The number of ketones is 1. The Hall–Kier alpha value is -2.83. The SMILES string of the molecule is Cc1cc(C(=O)Cn2nc(-c3ccco3)oc2=O)c(C)[nH]1. The van der Waals surface area contributed by atoms with Crippen LogP contribution in [-0.4, -0.2) is 20.5 Å². The first-order valence-electron chi connectivity index (χ1n) is 6.36. The molecule has 0 aliphatic rings. The molecule has 0 saturated carbocycles. The number of rotatable bonds is 4. The third kappa shape index (κ3) is 2.45. The Morgan fingerprint density at radius 3 is 2.86 bits per heavy atom. The van der Waals surface area contributed by atoms with Gasteiger partial charge in [0.1, 0.15) is 6.54 Å². The zero-order valence-corrected chi connectivity index (χ0v) is 11.5. The third-order valence-corrected chi connectivity index (χ3v) is 3.08. The minimum Gasteiger partial charge on any atom is -0.459 e. The molecule has 3 heterocycles. The molecule has 3 rings (SSSR count). The van der Waals surface area contributed by atoms with Gasteiger partial charge in [-0.25, -0.2) is 4.79 Å². The maximum Gasteiger partial charge on any atom is 0.437 e. The Bertz CT molecular complexity index is 836. The molecule has 0 saturated heterocycles. The smallest absolute Gasteiger partial charge is 0.437 e. The first kappa shape index (κ1) is 13.2. The molecule has 7 heteroatoms. The Balaban J connectivity index is 1.87. The van der Waals surface area contributed by atoms with Crippen LogP contribution in [-0.2, 0) is 6.54 Å². The van der Waals surface area contributed by atoms with E-state index in [0.717, 1.165) is 16.1 Å². The summed E-state index contributed by atoms with van der Waals surface area (Å²) in [6, 6.07) is 5.03. The summed E-state index contributed by atoms with van der Waals surface area (Å²) in [4.78, 5) is 27.0. The number of carbonyl (C=O) groups excluding carboxylic acids is 1. The van der Waals surface area contributed by atoms with Crippen LogP contribution in [0.1, 0.15) is 21.7 Å². The second-order valence-electron chi connectivity index (χ2n) is 4.72. The molecule has 3 aromatic heterocycles. The van der Waals surface area contributed by atoms with Gasteiger partial charge in [-0.15, -0.1) is 5.10 Å². The number of hydrogen-bond donors (Lipinski definition) is 1. The molecule has 7 nitrogen and oxygen atoms in total. The highest BCUT2D eigenvalue weighted by molar-refractivity contribution is 5.97. The Kier molecular flexibility index (Phi) is 3.09. The number of nitrogens with zero attached hydrogens (tertiary/aromatic N) is 2. The average Bonchev–Trinajstić information content (AvgIpc) is 3.11. The molecule has 0 amide bonds. The summed E-state index contributed by atoms with van der Waals surface area (Å²) in [6.45, 7) is 3.49. The van der Waals surface area contributed by atoms with E-state index < -0.39 is 5.76 Å². The highest BCUT2D eigenvalue weighted by Crippen LogP contribution is 2.15. The molecule has 3 aromatic rings. The van der Waals surface area contributed by atoms with E-state index >= 15 is 0 Å². The molecule has 108 valence electrons. The highest BCUT2D eigenvalue weighted by atomic mass is 16.4. The van der Waals surface area contributed by atoms with Crippen molar-refractivity contribution in [3.05, 3.63) is 52.0 Å². The number of hydrogen-bond acceptors (Lipinski definition) is 5. The standard InChI is InChI=1S/C14H13N3O4/c1-8-6-10(9(2)15-8)11(18)7-17-14(19)21-13(16-17)12-4-3-5-20-12/h3-6,15H,7H2,1-2H3. The van der Waals surface area contributed by atoms with Gasteiger partial charge in [-0.05, 0) is 32.0 Å². The summed E-state index contributed by atoms with van der Waals surface area (Å²) < 4.78 is 11.1. The normalized spacial score (nSPS) is 11.0. The zero-order valence-electron chi connectivity index (χ0n) is 11.5. The van der Waals surface area contributed by atoms with Crippen molar-refractivity contribution in [3.63, 3.8) is 0 Å². The van der Waals surface area contributed by atoms with E-state index in [1.165, 1.54) is 6.26 Å². The molecule has 21 heavy (non-hydrogen) atoms. The first-order valence-corrected chi connectivity index (χ1v) is 6.36. The minimum atomic E-state index is -0.695. The molecule has 0 unspecified atom stereocenters. The van der Waals surface area contributed by atoms with E-state index in [9.17, 15) is 9.59 Å². The van der Waals surface area contributed by atoms with Crippen molar-refractivity contribution in [2.45, 2.75) is 20.4 Å². The van der Waals surface area contributed by atoms with Crippen molar-refractivity contribution >= 4 is 5.78 Å². The number of H-pyrrole nitrogens is 1. The molecule has 1 N–H and O–H groups in total. The number of Topliss-reactive ketones (excluding diaryl/α,β-unsaturated/α-hetero) is 1. The molecule has 0 spiro atoms. The van der Waals surface area contributed by atoms with Gasteiger partial charge in [0.05, 0.1) is 6.26 Å². The van der Waals surface area contributed by atoms with Gasteiger partial charge in [-0.1, -0.05) is 0 Å². The summed E-state index contributed by atoms with van der Waals surface area (Å²) in [5.74, 6) is -0.510. The number of carbonyl (C=O) groups is 1. The van der Waals surface area contributed by atoms with Crippen molar-refractivity contribution in [2.24, 2.45) is 0 Å². The topological polar surface area (TPSA) is 94.0 Å². The lowest BCUT2D eigenvalue weighted by molar-refractivity contribution is 0.0964. The highest BCUT2D eigenvalue weighted by Gasteiger charge is 2.17. The van der Waals surface area contributed by atoms with Crippen LogP contribution in [0.3, 0.4) is 0 Å². The van der Waals surface area contributed by atoms with Gasteiger partial charge >= 0.3 is 5.76 Å². The van der Waals surface area contributed by atoms with E-state index in [1.807, 2.05) is 6.92 Å². The monoisotopic (exact) mass is 287 g/mol. The van der Waals surface area contributed by atoms with Crippen LogP contribution < -0.4 is 5.76 Å². The largest absolute Gasteiger partial charge is 0.459 e. The lowest BCUT2D eigenvalue weighted by atomic mass is 10.1. The first-order chi connectivity index (χ1) is 10.0. The Labute approximate surface area is 119 Å². The van der Waals surface area contributed by atoms with Gasteiger partial charge in [-0.2, -0.15) is 4.68 Å². The zero-order chi connectivity index (χ0) is 15.0. The molecule has 0 aromatic carbocycles. The van der Waals surface area contributed by atoms with Crippen LogP contribution in [0.15, 0.2) is 38.1 Å². The fourth-order valence-electron chi connectivity index (χ4n) is 2.14. The average molecular weight is 287 g/mol. The predicted octanol–water partition coefficient (Wildman–Crippen LogP) is 1.92. The van der Waals surface area contributed by atoms with E-state index in [1.54, 1.807) is 25.1 Å². The van der Waals surface area contributed by atoms with Crippen LogP contribution in [0, 0.1) is 13.8 Å². The lowest BCUT2D eigenvalue weighted by Crippen LogP contribution is -2.21. The second-order valence-corrected chi connectivity index (χ2v) is 4.72. The van der Waals surface area contributed by atoms with Crippen LogP contribution in [0.4, 0.5) is 0 Å². The molecule has 0 bridgehead atoms. The number of aryl methyl sites for hydroxylation is 2. The fourth-order valence-corrected chi connectivity index (χ4v) is 2.14. The summed E-state index contributed by atoms with van der Waals surface area (Å²) in [7, 11) is 0. The van der Waals surface area contributed by atoms with Gasteiger partial charge in [0, 0.05) is 17.0 Å². The number of nitrogens with one attached hydrogen (secondary N) is 1. The Morgan fingerprint density at radius 1 is 1.43 bits per heavy atom. The predicted molar refractivity (Wildman–Crippen MR) is 73.1 cm³/mol. The number of furan rings is 1. The summed E-state index contributed by atoms with van der Waals surface area (Å²) >= 11 is 0. The molecular formula is C14H13N3O4. The van der Waals surface area contributed by atoms with Gasteiger partial charge in [0.2, 0.25) is 0 Å². The van der Waals surface area contributed by atoms with Gasteiger partial charge < -0.3 is 13.8 Å². The van der Waals surface area contributed by atoms with Crippen LogP contribution in [0.25, 0.3) is 11.7 Å². The van der Waals surface area contributed by atoms with E-state index in [4.69, 9.17) is 8.83 Å². The number of aromatic amines is 1. The maximum atomic E-state index is 12.2. The van der Waals surface area contributed by atoms with Crippen LogP contribution in [0.2, 0.25) is 0 Å². The van der Waals surface area contributed by atoms with E-state index in [2.05, 4.69) is 10.1 Å². The molecular weight excluding hydrogens is 274 g/mol. The minimum absolute atomic E-state index is 0.0553. The van der Waals surface area contributed by atoms with Crippen molar-refractivity contribution in [2.75, 3.05) is 0 Å². The number of aromatic nitrogens is 3. The molecule has 0 aliphatic heterocycles. The van der Waals surface area contributed by atoms with Crippen LogP contribution >= 0.6 is 0 Å². The molecule has 0 aliphatic carbocycles. The quantitative estimate of drug-likeness (QED) is 0.740. The van der Waals surface area contributed by atoms with E-state index in [0.29, 0.717) is 11.3 Å². The second kappa shape index (κ2) is 4.93. The van der Waals surface area contributed by atoms with Crippen molar-refractivity contribution in [3.8, 4) is 11.7 Å². The summed E-state index contributed by atoms with van der Waals surface area (Å²) in [6.07, 6.45) is 1.45. The maximum absolute atomic E-state index is 12.2. The van der Waals surface area contributed by atoms with Gasteiger partial charge in [0.15, 0.2) is 11.5 Å². The summed E-state index contributed by atoms with van der Waals surface area (Å²) in [5, 5.41) is 3.97. The third-order valence-electron chi connectivity index (χ3n) is 3.08. The van der Waals surface area contributed by atoms with Crippen molar-refractivity contribution < 1.29 is 13.6 Å². The van der Waals surface area contributed by atoms with Crippen molar-refractivity contribution in [1.29, 1.82) is 0 Å². The van der Waals surface area contributed by atoms with Gasteiger partial charge in [-0.3, -0.25) is 4.79 Å². The van der Waals surface area contributed by atoms with Crippen LogP contribution in [0.5, 0.6) is 0 Å². The van der Waals surface area contributed by atoms with Gasteiger partial charge in [0.25, 0.3) is 5.89 Å². The summed E-state index contributed by atoms with van der Waals surface area (Å²) in [5.41, 5.74) is 2.20. The molecule has 0 radical (unpaired) electrons. The Morgan fingerprint density at radius 2 is 2.24 bits per heavy atom. The molecule has 0 atom stereocenters. The molecule has 0 fully saturated rings. The van der Waals surface area contributed by atoms with Crippen molar-refractivity contribution in [1.82, 2.24) is 14.8 Å². The lowest BCUT2D eigenvalue weighted by Gasteiger charge is -1.98.